The zero-order valence-corrected chi connectivity index (χ0v) is 13.9. The van der Waals surface area contributed by atoms with E-state index in [0.29, 0.717) is 0 Å². The third-order valence-corrected chi connectivity index (χ3v) is 5.05. The molecule has 3 nitrogen and oxygen atoms in total. The summed E-state index contributed by atoms with van der Waals surface area (Å²) < 4.78 is 5.37. The second kappa shape index (κ2) is 5.70. The van der Waals surface area contributed by atoms with Gasteiger partial charge in [0.15, 0.2) is 0 Å². The number of hydrogen-bond donors (Lipinski definition) is 0. The minimum absolute atomic E-state index is 0.0206. The number of ether oxygens (including phenoxy) is 1. The van der Waals surface area contributed by atoms with E-state index in [-0.39, 0.29) is 16.7 Å². The van der Waals surface area contributed by atoms with Gasteiger partial charge >= 0.3 is 0 Å². The molecule has 1 amide bonds. The van der Waals surface area contributed by atoms with Crippen molar-refractivity contribution in [3.63, 3.8) is 0 Å². The fourth-order valence-corrected chi connectivity index (χ4v) is 3.46. The molecule has 0 bridgehead atoms. The van der Waals surface area contributed by atoms with Gasteiger partial charge < -0.3 is 9.64 Å². The summed E-state index contributed by atoms with van der Waals surface area (Å²) in [5, 5.41) is 0. The number of carbonyl (C=O) groups excluding carboxylic acids is 1. The molecule has 0 radical (unpaired) electrons. The van der Waals surface area contributed by atoms with E-state index in [0.717, 1.165) is 31.6 Å². The van der Waals surface area contributed by atoms with Crippen molar-refractivity contribution < 1.29 is 9.53 Å². The predicted molar refractivity (Wildman–Crippen MR) is 85.6 cm³/mol. The minimum Gasteiger partial charge on any atom is -0.497 e. The number of rotatable bonds is 3. The van der Waals surface area contributed by atoms with Gasteiger partial charge in [0.25, 0.3) is 0 Å². The third kappa shape index (κ3) is 2.92. The van der Waals surface area contributed by atoms with Gasteiger partial charge in [-0.1, -0.05) is 32.9 Å². The molecule has 0 saturated carbocycles. The maximum absolute atomic E-state index is 12.5. The van der Waals surface area contributed by atoms with Crippen LogP contribution in [0.15, 0.2) is 24.3 Å². The van der Waals surface area contributed by atoms with Crippen molar-refractivity contribution in [2.45, 2.75) is 45.4 Å². The molecule has 1 atom stereocenters. The molecule has 1 fully saturated rings. The molecule has 2 rings (SSSR count). The molecule has 0 aliphatic carbocycles. The van der Waals surface area contributed by atoms with Crippen LogP contribution in [-0.2, 0) is 10.2 Å². The Morgan fingerprint density at radius 3 is 2.62 bits per heavy atom. The van der Waals surface area contributed by atoms with Gasteiger partial charge in [-0.15, -0.1) is 0 Å². The molecule has 0 aromatic heterocycles. The van der Waals surface area contributed by atoms with Gasteiger partial charge in [0, 0.05) is 24.4 Å². The number of methoxy groups -OCH3 is 1. The second-order valence-electron chi connectivity index (χ2n) is 6.91. The number of likely N-dealkylation sites (tertiary alicyclic amines) is 1. The summed E-state index contributed by atoms with van der Waals surface area (Å²) in [5.41, 5.74) is 1.03. The molecule has 1 heterocycles. The summed E-state index contributed by atoms with van der Waals surface area (Å²) >= 11 is 0. The van der Waals surface area contributed by atoms with E-state index in [9.17, 15) is 4.79 Å². The molecule has 1 unspecified atom stereocenters. The van der Waals surface area contributed by atoms with E-state index >= 15 is 0 Å². The van der Waals surface area contributed by atoms with Crippen LogP contribution in [-0.4, -0.2) is 31.5 Å². The normalized spacial score (nSPS) is 25.6. The smallest absolute Gasteiger partial charge is 0.227 e. The van der Waals surface area contributed by atoms with Gasteiger partial charge in [-0.3, -0.25) is 4.79 Å². The highest BCUT2D eigenvalue weighted by Crippen LogP contribution is 2.42. The van der Waals surface area contributed by atoms with Crippen molar-refractivity contribution in [1.29, 1.82) is 0 Å². The number of amides is 1. The molecule has 116 valence electrons. The van der Waals surface area contributed by atoms with Gasteiger partial charge in [0.1, 0.15) is 5.75 Å². The average molecular weight is 289 g/mol. The average Bonchev–Trinajstić information content (AvgIpc) is 2.58. The summed E-state index contributed by atoms with van der Waals surface area (Å²) in [6.45, 7) is 7.11. The predicted octanol–water partition coefficient (Wildman–Crippen LogP) is 3.62. The van der Waals surface area contributed by atoms with Crippen molar-refractivity contribution in [2.75, 3.05) is 20.7 Å². The third-order valence-electron chi connectivity index (χ3n) is 5.05. The number of hydrogen-bond acceptors (Lipinski definition) is 2. The van der Waals surface area contributed by atoms with Crippen LogP contribution in [0.5, 0.6) is 5.75 Å². The maximum atomic E-state index is 12.5. The summed E-state index contributed by atoms with van der Waals surface area (Å²) in [7, 11) is 3.63. The molecule has 1 aliphatic rings. The minimum atomic E-state index is -0.273. The molecule has 0 spiro atoms. The monoisotopic (exact) mass is 289 g/mol. The molecule has 0 N–H and O–H groups in total. The lowest BCUT2D eigenvalue weighted by molar-refractivity contribution is -0.138. The van der Waals surface area contributed by atoms with E-state index in [1.54, 1.807) is 7.11 Å². The van der Waals surface area contributed by atoms with Crippen molar-refractivity contribution in [3.8, 4) is 5.75 Å². The zero-order chi connectivity index (χ0) is 15.7. The summed E-state index contributed by atoms with van der Waals surface area (Å²) in [6, 6.07) is 8.31. The van der Waals surface area contributed by atoms with Gasteiger partial charge in [0.2, 0.25) is 5.91 Å². The lowest BCUT2D eigenvalue weighted by atomic mass is 9.72. The molecule has 3 heteroatoms. The first-order valence-electron chi connectivity index (χ1n) is 7.75. The highest BCUT2D eigenvalue weighted by Gasteiger charge is 2.42. The lowest BCUT2D eigenvalue weighted by Crippen LogP contribution is -2.41. The highest BCUT2D eigenvalue weighted by atomic mass is 16.5. The van der Waals surface area contributed by atoms with Crippen molar-refractivity contribution in [1.82, 2.24) is 4.90 Å². The Kier molecular flexibility index (Phi) is 4.31. The summed E-state index contributed by atoms with van der Waals surface area (Å²) in [6.07, 6.45) is 2.97. The first-order chi connectivity index (χ1) is 9.84. The Labute approximate surface area is 128 Å². The summed E-state index contributed by atoms with van der Waals surface area (Å²) in [5.74, 6) is 1.14. The molecular formula is C18H27NO2. The van der Waals surface area contributed by atoms with E-state index in [4.69, 9.17) is 4.74 Å². The van der Waals surface area contributed by atoms with Crippen LogP contribution in [0.25, 0.3) is 0 Å². The molecular weight excluding hydrogens is 262 g/mol. The van der Waals surface area contributed by atoms with Crippen LogP contribution in [0.1, 0.15) is 45.6 Å². The van der Waals surface area contributed by atoms with Gasteiger partial charge in [-0.25, -0.2) is 0 Å². The number of nitrogens with zero attached hydrogens (tertiary/aromatic N) is 1. The SMILES string of the molecule is CCC1(c2cccc(OC)c2)CCC(C)(C)C(=O)N(C)C1. The lowest BCUT2D eigenvalue weighted by Gasteiger charge is -2.35. The maximum Gasteiger partial charge on any atom is 0.227 e. The number of carbonyl (C=O) groups is 1. The topological polar surface area (TPSA) is 29.5 Å². The summed E-state index contributed by atoms with van der Waals surface area (Å²) in [4.78, 5) is 14.4. The van der Waals surface area contributed by atoms with Crippen molar-refractivity contribution in [2.24, 2.45) is 5.41 Å². The molecule has 21 heavy (non-hydrogen) atoms. The Hall–Kier alpha value is -1.51. The molecule has 1 aromatic rings. The van der Waals surface area contributed by atoms with Crippen LogP contribution in [0.3, 0.4) is 0 Å². The molecule has 1 aliphatic heterocycles. The second-order valence-corrected chi connectivity index (χ2v) is 6.91. The van der Waals surface area contributed by atoms with Gasteiger partial charge in [0.05, 0.1) is 7.11 Å². The van der Waals surface area contributed by atoms with Gasteiger partial charge in [-0.05, 0) is 37.0 Å². The zero-order valence-electron chi connectivity index (χ0n) is 13.9. The molecule has 1 aromatic carbocycles. The largest absolute Gasteiger partial charge is 0.497 e. The molecule has 1 saturated heterocycles. The highest BCUT2D eigenvalue weighted by molar-refractivity contribution is 5.82. The standard InChI is InChI=1S/C18H27NO2/c1-6-18(14-8-7-9-15(12-14)21-5)11-10-17(2,3)16(20)19(4)13-18/h7-9,12H,6,10-11,13H2,1-5H3. The van der Waals surface area contributed by atoms with Crippen LogP contribution in [0, 0.1) is 5.41 Å². The number of likely N-dealkylation sites (N-methyl/N-ethyl adjacent to an activating group) is 1. The van der Waals surface area contributed by atoms with Crippen LogP contribution < -0.4 is 4.74 Å². The Morgan fingerprint density at radius 2 is 2.00 bits per heavy atom. The van der Waals surface area contributed by atoms with Crippen LogP contribution >= 0.6 is 0 Å². The Bertz CT molecular complexity index is 524. The van der Waals surface area contributed by atoms with Gasteiger partial charge in [-0.2, -0.15) is 0 Å². The van der Waals surface area contributed by atoms with Crippen LogP contribution in [0.4, 0.5) is 0 Å². The van der Waals surface area contributed by atoms with Crippen molar-refractivity contribution >= 4 is 5.91 Å². The fourth-order valence-electron chi connectivity index (χ4n) is 3.46. The Morgan fingerprint density at radius 1 is 1.29 bits per heavy atom. The van der Waals surface area contributed by atoms with E-state index < -0.39 is 0 Å². The number of benzene rings is 1. The van der Waals surface area contributed by atoms with E-state index in [1.807, 2.05) is 24.1 Å². The fraction of sp³-hybridized carbons (Fsp3) is 0.611. The van der Waals surface area contributed by atoms with E-state index in [2.05, 4.69) is 32.9 Å². The first kappa shape index (κ1) is 15.9. The van der Waals surface area contributed by atoms with Crippen LogP contribution in [0.2, 0.25) is 0 Å². The quantitative estimate of drug-likeness (QED) is 0.850. The Balaban J connectivity index is 2.43. The first-order valence-corrected chi connectivity index (χ1v) is 7.75. The van der Waals surface area contributed by atoms with Crippen molar-refractivity contribution in [3.05, 3.63) is 29.8 Å². The van der Waals surface area contributed by atoms with E-state index in [1.165, 1.54) is 5.56 Å².